The van der Waals surface area contributed by atoms with Gasteiger partial charge in [-0.3, -0.25) is 4.98 Å². The number of fused-ring (bicyclic) bond motifs is 1. The lowest BCUT2D eigenvalue weighted by Crippen LogP contribution is -2.24. The summed E-state index contributed by atoms with van der Waals surface area (Å²) >= 11 is 6.38. The number of pyridine rings is 1. The molecule has 1 aliphatic heterocycles. The van der Waals surface area contributed by atoms with Gasteiger partial charge in [-0.2, -0.15) is 0 Å². The van der Waals surface area contributed by atoms with Gasteiger partial charge < -0.3 is 15.4 Å². The summed E-state index contributed by atoms with van der Waals surface area (Å²) in [6.45, 7) is 5.08. The van der Waals surface area contributed by atoms with Crippen molar-refractivity contribution in [1.82, 2.24) is 4.98 Å². The van der Waals surface area contributed by atoms with Crippen molar-refractivity contribution in [2.45, 2.75) is 19.4 Å². The number of benzene rings is 1. The normalized spacial score (nSPS) is 18.6. The molecule has 4 nitrogen and oxygen atoms in total. The van der Waals surface area contributed by atoms with Crippen LogP contribution in [0, 0.1) is 6.92 Å². The molecule has 0 aliphatic carbocycles. The third-order valence-electron chi connectivity index (χ3n) is 3.98. The van der Waals surface area contributed by atoms with Gasteiger partial charge in [-0.25, -0.2) is 0 Å². The SMILES string of the molecule is Cc1ccc2c(N3CCC(OCCN)C3)ccnc2c1Cl. The van der Waals surface area contributed by atoms with E-state index < -0.39 is 0 Å². The molecule has 2 heterocycles. The smallest absolute Gasteiger partial charge is 0.0911 e. The standard InChI is InChI=1S/C16H20ClN3O/c1-11-2-3-13-14(4-7-19-16(13)15(11)17)20-8-5-12(10-20)21-9-6-18/h2-4,7,12H,5-6,8-10,18H2,1H3. The third-order valence-corrected chi connectivity index (χ3v) is 4.46. The molecule has 21 heavy (non-hydrogen) atoms. The quantitative estimate of drug-likeness (QED) is 0.943. The van der Waals surface area contributed by atoms with E-state index in [2.05, 4.69) is 22.0 Å². The largest absolute Gasteiger partial charge is 0.375 e. The Morgan fingerprint density at radius 1 is 1.43 bits per heavy atom. The molecule has 0 radical (unpaired) electrons. The average molecular weight is 306 g/mol. The van der Waals surface area contributed by atoms with E-state index in [-0.39, 0.29) is 6.10 Å². The maximum absolute atomic E-state index is 6.38. The van der Waals surface area contributed by atoms with Crippen molar-refractivity contribution in [1.29, 1.82) is 0 Å². The van der Waals surface area contributed by atoms with Crippen LogP contribution in [-0.4, -0.2) is 37.3 Å². The van der Waals surface area contributed by atoms with E-state index >= 15 is 0 Å². The van der Waals surface area contributed by atoms with Crippen LogP contribution in [0.1, 0.15) is 12.0 Å². The monoisotopic (exact) mass is 305 g/mol. The van der Waals surface area contributed by atoms with Gasteiger partial charge in [0.1, 0.15) is 0 Å². The van der Waals surface area contributed by atoms with Crippen molar-refractivity contribution in [3.63, 3.8) is 0 Å². The highest BCUT2D eigenvalue weighted by atomic mass is 35.5. The zero-order chi connectivity index (χ0) is 14.8. The summed E-state index contributed by atoms with van der Waals surface area (Å²) in [6, 6.07) is 6.21. The Kier molecular flexibility index (Phi) is 4.29. The van der Waals surface area contributed by atoms with Crippen molar-refractivity contribution in [3.05, 3.63) is 35.0 Å². The van der Waals surface area contributed by atoms with E-state index in [1.807, 2.05) is 19.2 Å². The molecule has 0 amide bonds. The molecule has 0 bridgehead atoms. The van der Waals surface area contributed by atoms with Gasteiger partial charge in [0.2, 0.25) is 0 Å². The van der Waals surface area contributed by atoms with Crippen LogP contribution < -0.4 is 10.6 Å². The van der Waals surface area contributed by atoms with Crippen molar-refractivity contribution in [3.8, 4) is 0 Å². The van der Waals surface area contributed by atoms with Crippen LogP contribution in [0.25, 0.3) is 10.9 Å². The lowest BCUT2D eigenvalue weighted by atomic mass is 10.1. The molecule has 1 unspecified atom stereocenters. The number of nitrogens with two attached hydrogens (primary N) is 1. The fourth-order valence-corrected chi connectivity index (χ4v) is 3.08. The van der Waals surface area contributed by atoms with E-state index in [1.165, 1.54) is 5.69 Å². The van der Waals surface area contributed by atoms with Crippen molar-refractivity contribution < 1.29 is 4.74 Å². The summed E-state index contributed by atoms with van der Waals surface area (Å²) in [5.74, 6) is 0. The molecule has 5 heteroatoms. The van der Waals surface area contributed by atoms with Crippen LogP contribution in [0.4, 0.5) is 5.69 Å². The highest BCUT2D eigenvalue weighted by molar-refractivity contribution is 6.36. The number of rotatable bonds is 4. The minimum absolute atomic E-state index is 0.262. The minimum atomic E-state index is 0.262. The summed E-state index contributed by atoms with van der Waals surface area (Å²) in [5.41, 5.74) is 8.61. The Balaban J connectivity index is 1.90. The van der Waals surface area contributed by atoms with Gasteiger partial charge in [0.15, 0.2) is 0 Å². The zero-order valence-electron chi connectivity index (χ0n) is 12.2. The molecule has 1 fully saturated rings. The molecule has 1 saturated heterocycles. The van der Waals surface area contributed by atoms with Crippen LogP contribution in [0.15, 0.2) is 24.4 Å². The molecule has 112 valence electrons. The Morgan fingerprint density at radius 3 is 3.10 bits per heavy atom. The molecule has 0 spiro atoms. The Hall–Kier alpha value is -1.36. The number of nitrogens with zero attached hydrogens (tertiary/aromatic N) is 2. The van der Waals surface area contributed by atoms with Crippen LogP contribution in [-0.2, 0) is 4.74 Å². The van der Waals surface area contributed by atoms with Gasteiger partial charge in [0.05, 0.1) is 23.3 Å². The van der Waals surface area contributed by atoms with Crippen molar-refractivity contribution in [2.75, 3.05) is 31.1 Å². The highest BCUT2D eigenvalue weighted by Crippen LogP contribution is 2.33. The first-order chi connectivity index (χ1) is 10.2. The zero-order valence-corrected chi connectivity index (χ0v) is 12.9. The molecular weight excluding hydrogens is 286 g/mol. The molecular formula is C16H20ClN3O. The van der Waals surface area contributed by atoms with E-state index in [4.69, 9.17) is 22.1 Å². The molecule has 1 aliphatic rings. The third kappa shape index (κ3) is 2.84. The molecule has 2 N–H and O–H groups in total. The van der Waals surface area contributed by atoms with E-state index in [0.29, 0.717) is 13.2 Å². The molecule has 0 saturated carbocycles. The Morgan fingerprint density at radius 2 is 2.29 bits per heavy atom. The van der Waals surface area contributed by atoms with Gasteiger partial charge in [-0.05, 0) is 25.0 Å². The second kappa shape index (κ2) is 6.18. The Labute approximate surface area is 129 Å². The summed E-state index contributed by atoms with van der Waals surface area (Å²) in [4.78, 5) is 6.78. The van der Waals surface area contributed by atoms with Crippen LogP contribution in [0.3, 0.4) is 0 Å². The fourth-order valence-electron chi connectivity index (χ4n) is 2.86. The second-order valence-electron chi connectivity index (χ2n) is 5.44. The van der Waals surface area contributed by atoms with Crippen LogP contribution in [0.5, 0.6) is 0 Å². The topological polar surface area (TPSA) is 51.4 Å². The van der Waals surface area contributed by atoms with Gasteiger partial charge in [0, 0.05) is 36.9 Å². The fraction of sp³-hybridized carbons (Fsp3) is 0.438. The first kappa shape index (κ1) is 14.6. The highest BCUT2D eigenvalue weighted by Gasteiger charge is 2.24. The van der Waals surface area contributed by atoms with Crippen LogP contribution >= 0.6 is 11.6 Å². The molecule has 1 aromatic heterocycles. The van der Waals surface area contributed by atoms with E-state index in [1.54, 1.807) is 0 Å². The van der Waals surface area contributed by atoms with Crippen LogP contribution in [0.2, 0.25) is 5.02 Å². The molecule has 3 rings (SSSR count). The summed E-state index contributed by atoms with van der Waals surface area (Å²) in [7, 11) is 0. The van der Waals surface area contributed by atoms with Gasteiger partial charge in [-0.15, -0.1) is 0 Å². The first-order valence-corrected chi connectivity index (χ1v) is 7.69. The number of hydrogen-bond donors (Lipinski definition) is 1. The number of anilines is 1. The lowest BCUT2D eigenvalue weighted by Gasteiger charge is -2.21. The first-order valence-electron chi connectivity index (χ1n) is 7.31. The average Bonchev–Trinajstić information content (AvgIpc) is 2.97. The predicted molar refractivity (Wildman–Crippen MR) is 87.1 cm³/mol. The van der Waals surface area contributed by atoms with Gasteiger partial charge in [-0.1, -0.05) is 23.7 Å². The second-order valence-corrected chi connectivity index (χ2v) is 5.82. The number of hydrogen-bond acceptors (Lipinski definition) is 4. The summed E-state index contributed by atoms with van der Waals surface area (Å²) in [6.07, 6.45) is 3.12. The van der Waals surface area contributed by atoms with Crippen molar-refractivity contribution in [2.24, 2.45) is 5.73 Å². The number of aryl methyl sites for hydroxylation is 1. The number of halogens is 1. The van der Waals surface area contributed by atoms with E-state index in [9.17, 15) is 0 Å². The molecule has 1 atom stereocenters. The minimum Gasteiger partial charge on any atom is -0.375 e. The number of ether oxygens (including phenoxy) is 1. The summed E-state index contributed by atoms with van der Waals surface area (Å²) in [5, 5.41) is 1.84. The number of aromatic nitrogens is 1. The molecule has 2 aromatic rings. The Bertz CT molecular complexity index is 647. The maximum atomic E-state index is 6.38. The maximum Gasteiger partial charge on any atom is 0.0911 e. The van der Waals surface area contributed by atoms with Gasteiger partial charge >= 0.3 is 0 Å². The lowest BCUT2D eigenvalue weighted by molar-refractivity contribution is 0.0742. The van der Waals surface area contributed by atoms with Crippen molar-refractivity contribution >= 4 is 28.2 Å². The van der Waals surface area contributed by atoms with Gasteiger partial charge in [0.25, 0.3) is 0 Å². The van der Waals surface area contributed by atoms with E-state index in [0.717, 1.165) is 41.0 Å². The molecule has 1 aromatic carbocycles. The summed E-state index contributed by atoms with van der Waals surface area (Å²) < 4.78 is 5.75. The predicted octanol–water partition coefficient (Wildman–Crippen LogP) is 2.75.